The summed E-state index contributed by atoms with van der Waals surface area (Å²) in [5, 5.41) is 0. The van der Waals surface area contributed by atoms with Crippen LogP contribution in [0.15, 0.2) is 12.1 Å². The maximum atomic E-state index is 13.4. The van der Waals surface area contributed by atoms with Crippen LogP contribution in [-0.4, -0.2) is 7.11 Å². The van der Waals surface area contributed by atoms with Gasteiger partial charge in [0.1, 0.15) is 0 Å². The molecule has 1 rings (SSSR count). The molecule has 1 aromatic rings. The van der Waals surface area contributed by atoms with E-state index in [0.717, 1.165) is 0 Å². The molecule has 14 heavy (non-hydrogen) atoms. The van der Waals surface area contributed by atoms with Gasteiger partial charge < -0.3 is 4.74 Å². The first-order valence-corrected chi connectivity index (χ1v) is 4.57. The van der Waals surface area contributed by atoms with Gasteiger partial charge in [0.15, 0.2) is 11.6 Å². The molecule has 0 heterocycles. The Morgan fingerprint density at radius 2 is 1.86 bits per heavy atom. The Morgan fingerprint density at radius 3 is 2.36 bits per heavy atom. The summed E-state index contributed by atoms with van der Waals surface area (Å²) in [5.41, 5.74) is 0.401. The largest absolute Gasteiger partial charge is 0.494 e. The molecule has 0 bridgehead atoms. The molecule has 0 radical (unpaired) electrons. The molecule has 0 aliphatic carbocycles. The lowest BCUT2D eigenvalue weighted by Crippen LogP contribution is -2.01. The second-order valence-corrected chi connectivity index (χ2v) is 3.65. The molecule has 78 valence electrons. The molecule has 0 saturated heterocycles. The number of ether oxygens (including phenoxy) is 1. The Morgan fingerprint density at radius 1 is 1.21 bits per heavy atom. The standard InChI is InChI=1S/C11H14F2O/c1-7(2)6-8-4-5-9(14-3)11(13)10(8)12/h4-5,7H,6H2,1-3H3. The molecule has 1 nitrogen and oxygen atoms in total. The maximum absolute atomic E-state index is 13.4. The summed E-state index contributed by atoms with van der Waals surface area (Å²) >= 11 is 0. The quantitative estimate of drug-likeness (QED) is 0.728. The lowest BCUT2D eigenvalue weighted by molar-refractivity contribution is 0.369. The lowest BCUT2D eigenvalue weighted by Gasteiger charge is -2.09. The normalized spacial score (nSPS) is 10.7. The monoisotopic (exact) mass is 200 g/mol. The average molecular weight is 200 g/mol. The van der Waals surface area contributed by atoms with Crippen LogP contribution in [0, 0.1) is 17.6 Å². The van der Waals surface area contributed by atoms with Gasteiger partial charge in [0.2, 0.25) is 5.82 Å². The van der Waals surface area contributed by atoms with Crippen molar-refractivity contribution in [2.24, 2.45) is 5.92 Å². The summed E-state index contributed by atoms with van der Waals surface area (Å²) in [6.45, 7) is 3.92. The van der Waals surface area contributed by atoms with Crippen LogP contribution in [0.4, 0.5) is 8.78 Å². The second kappa shape index (κ2) is 4.40. The fourth-order valence-corrected chi connectivity index (χ4v) is 1.33. The molecule has 0 aliphatic rings. The summed E-state index contributed by atoms with van der Waals surface area (Å²) in [5.74, 6) is -1.43. The van der Waals surface area contributed by atoms with Crippen LogP contribution in [0.3, 0.4) is 0 Å². The minimum Gasteiger partial charge on any atom is -0.494 e. The summed E-state index contributed by atoms with van der Waals surface area (Å²) in [6, 6.07) is 3.02. The SMILES string of the molecule is COc1ccc(CC(C)C)c(F)c1F. The van der Waals surface area contributed by atoms with Gasteiger partial charge in [0, 0.05) is 0 Å². The number of hydrogen-bond acceptors (Lipinski definition) is 1. The molecule has 1 aromatic carbocycles. The molecule has 0 aromatic heterocycles. The Labute approximate surface area is 82.7 Å². The highest BCUT2D eigenvalue weighted by Gasteiger charge is 2.14. The molecule has 0 saturated carbocycles. The van der Waals surface area contributed by atoms with Crippen LogP contribution in [0.5, 0.6) is 5.75 Å². The summed E-state index contributed by atoms with van der Waals surface area (Å²) in [7, 11) is 1.32. The number of hydrogen-bond donors (Lipinski definition) is 0. The smallest absolute Gasteiger partial charge is 0.200 e. The van der Waals surface area contributed by atoms with Crippen LogP contribution >= 0.6 is 0 Å². The maximum Gasteiger partial charge on any atom is 0.200 e. The van der Waals surface area contributed by atoms with Crippen molar-refractivity contribution in [1.82, 2.24) is 0 Å². The van der Waals surface area contributed by atoms with E-state index < -0.39 is 11.6 Å². The first-order valence-electron chi connectivity index (χ1n) is 4.57. The predicted molar refractivity (Wildman–Crippen MR) is 51.5 cm³/mol. The number of halogens is 2. The average Bonchev–Trinajstić information content (AvgIpc) is 2.13. The molecule has 0 spiro atoms. The highest BCUT2D eigenvalue weighted by molar-refractivity contribution is 5.31. The molecule has 3 heteroatoms. The second-order valence-electron chi connectivity index (χ2n) is 3.65. The number of rotatable bonds is 3. The van der Waals surface area contributed by atoms with Crippen molar-refractivity contribution >= 4 is 0 Å². The van der Waals surface area contributed by atoms with E-state index in [0.29, 0.717) is 17.9 Å². The highest BCUT2D eigenvalue weighted by atomic mass is 19.2. The van der Waals surface area contributed by atoms with Crippen molar-refractivity contribution in [1.29, 1.82) is 0 Å². The molecular formula is C11H14F2O. The Hall–Kier alpha value is -1.12. The minimum atomic E-state index is -0.898. The van der Waals surface area contributed by atoms with Crippen molar-refractivity contribution in [3.63, 3.8) is 0 Å². The van der Waals surface area contributed by atoms with E-state index in [1.54, 1.807) is 6.07 Å². The minimum absolute atomic E-state index is 0.0463. The van der Waals surface area contributed by atoms with Crippen molar-refractivity contribution in [2.45, 2.75) is 20.3 Å². The fraction of sp³-hybridized carbons (Fsp3) is 0.455. The van der Waals surface area contributed by atoms with Gasteiger partial charge in [-0.2, -0.15) is 4.39 Å². The van der Waals surface area contributed by atoms with Gasteiger partial charge in [-0.1, -0.05) is 19.9 Å². The zero-order valence-corrected chi connectivity index (χ0v) is 8.60. The van der Waals surface area contributed by atoms with Gasteiger partial charge in [-0.05, 0) is 24.0 Å². The molecular weight excluding hydrogens is 186 g/mol. The van der Waals surface area contributed by atoms with Crippen molar-refractivity contribution < 1.29 is 13.5 Å². The summed E-state index contributed by atoms with van der Waals surface area (Å²) in [4.78, 5) is 0. The van der Waals surface area contributed by atoms with E-state index in [1.807, 2.05) is 13.8 Å². The third kappa shape index (κ3) is 2.22. The van der Waals surface area contributed by atoms with E-state index in [9.17, 15) is 8.78 Å². The zero-order chi connectivity index (χ0) is 10.7. The Bertz CT molecular complexity index is 321. The van der Waals surface area contributed by atoms with Crippen LogP contribution in [0.2, 0.25) is 0 Å². The zero-order valence-electron chi connectivity index (χ0n) is 8.60. The first kappa shape index (κ1) is 11.0. The third-order valence-corrected chi connectivity index (χ3v) is 1.97. The van der Waals surface area contributed by atoms with Gasteiger partial charge in [0.25, 0.3) is 0 Å². The van der Waals surface area contributed by atoms with Gasteiger partial charge in [0.05, 0.1) is 7.11 Å². The molecule has 0 N–H and O–H groups in total. The molecule has 0 unspecified atom stereocenters. The van der Waals surface area contributed by atoms with E-state index in [2.05, 4.69) is 4.74 Å². The molecule has 0 atom stereocenters. The van der Waals surface area contributed by atoms with Crippen LogP contribution in [0.25, 0.3) is 0 Å². The van der Waals surface area contributed by atoms with E-state index in [1.165, 1.54) is 13.2 Å². The van der Waals surface area contributed by atoms with Crippen molar-refractivity contribution in [2.75, 3.05) is 7.11 Å². The van der Waals surface area contributed by atoms with E-state index in [4.69, 9.17) is 0 Å². The van der Waals surface area contributed by atoms with Gasteiger partial charge in [-0.3, -0.25) is 0 Å². The van der Waals surface area contributed by atoms with Gasteiger partial charge >= 0.3 is 0 Å². The van der Waals surface area contributed by atoms with Crippen molar-refractivity contribution in [3.8, 4) is 5.75 Å². The lowest BCUT2D eigenvalue weighted by atomic mass is 10.0. The van der Waals surface area contributed by atoms with Crippen LogP contribution in [-0.2, 0) is 6.42 Å². The highest BCUT2D eigenvalue weighted by Crippen LogP contribution is 2.23. The Kier molecular flexibility index (Phi) is 3.44. The van der Waals surface area contributed by atoms with Crippen LogP contribution < -0.4 is 4.74 Å². The number of methoxy groups -OCH3 is 1. The topological polar surface area (TPSA) is 9.23 Å². The molecule has 0 aliphatic heterocycles. The fourth-order valence-electron chi connectivity index (χ4n) is 1.33. The Balaban J connectivity index is 3.04. The van der Waals surface area contributed by atoms with E-state index >= 15 is 0 Å². The summed E-state index contributed by atoms with van der Waals surface area (Å²) < 4.78 is 31.2. The molecule has 0 fully saturated rings. The van der Waals surface area contributed by atoms with E-state index in [-0.39, 0.29) is 5.75 Å². The van der Waals surface area contributed by atoms with Gasteiger partial charge in [-0.15, -0.1) is 0 Å². The first-order chi connectivity index (χ1) is 6.56. The summed E-state index contributed by atoms with van der Waals surface area (Å²) in [6.07, 6.45) is 0.534. The van der Waals surface area contributed by atoms with Crippen molar-refractivity contribution in [3.05, 3.63) is 29.3 Å². The third-order valence-electron chi connectivity index (χ3n) is 1.97. The van der Waals surface area contributed by atoms with Crippen LogP contribution in [0.1, 0.15) is 19.4 Å². The number of benzene rings is 1. The molecule has 0 amide bonds. The van der Waals surface area contributed by atoms with Gasteiger partial charge in [-0.25, -0.2) is 4.39 Å². The predicted octanol–water partition coefficient (Wildman–Crippen LogP) is 3.17.